The van der Waals surface area contributed by atoms with Gasteiger partial charge in [-0.05, 0) is 17.2 Å². The van der Waals surface area contributed by atoms with Crippen molar-refractivity contribution in [2.45, 2.75) is 12.2 Å². The lowest BCUT2D eigenvalue weighted by molar-refractivity contribution is 0.375. The molecule has 0 fully saturated rings. The third-order valence-corrected chi connectivity index (χ3v) is 11.1. The zero-order valence-electron chi connectivity index (χ0n) is 23.5. The predicted octanol–water partition coefficient (Wildman–Crippen LogP) is 10.5. The summed E-state index contributed by atoms with van der Waals surface area (Å²) in [7, 11) is 0. The molecule has 1 heterocycles. The summed E-state index contributed by atoms with van der Waals surface area (Å²) in [5.41, 5.74) is -13.7. The van der Waals surface area contributed by atoms with Crippen LogP contribution >= 0.6 is 0 Å². The van der Waals surface area contributed by atoms with Crippen LogP contribution in [0.4, 0.5) is 83.4 Å². The molecule has 0 bridgehead atoms. The molecule has 0 amide bonds. The second-order valence-corrected chi connectivity index (χ2v) is 13.3. The van der Waals surface area contributed by atoms with Crippen LogP contribution in [0.2, 0.25) is 5.28 Å². The van der Waals surface area contributed by atoms with E-state index in [1.54, 1.807) is 0 Å². The first-order chi connectivity index (χ1) is 23.2. The van der Waals surface area contributed by atoms with Crippen LogP contribution in [0.5, 0.6) is 0 Å². The maximum Gasteiger partial charge on any atom is 0.349 e. The molecule has 1 aliphatic rings. The average molecular weight is 754 g/mol. The summed E-state index contributed by atoms with van der Waals surface area (Å²) in [6.45, 7) is 0.814. The Kier molecular flexibility index (Phi) is 9.36. The summed E-state index contributed by atoms with van der Waals surface area (Å²) in [5.74, 6) is -55.2. The van der Waals surface area contributed by atoms with E-state index >= 15 is 30.7 Å². The summed E-state index contributed by atoms with van der Waals surface area (Å²) in [6, 6.07) is -0.386. The van der Waals surface area contributed by atoms with Gasteiger partial charge in [0.25, 0.3) is 0 Å². The van der Waals surface area contributed by atoms with Gasteiger partial charge in [0.1, 0.15) is 0 Å². The maximum absolute atomic E-state index is 15.5. The molecule has 1 aliphatic heterocycles. The lowest BCUT2D eigenvalue weighted by Crippen LogP contribution is -2.20. The largest absolute Gasteiger partial charge is 0.349 e. The predicted molar refractivity (Wildman–Crippen MR) is 135 cm³/mol. The van der Waals surface area contributed by atoms with E-state index in [9.17, 15) is 52.7 Å². The van der Waals surface area contributed by atoms with Gasteiger partial charge in [-0.1, -0.05) is 21.1 Å². The Morgan fingerprint density at radius 2 is 0.620 bits per heavy atom. The van der Waals surface area contributed by atoms with Gasteiger partial charge in [0.05, 0.1) is 11.1 Å². The third kappa shape index (κ3) is 5.01. The first-order valence-corrected chi connectivity index (χ1v) is 15.1. The van der Waals surface area contributed by atoms with E-state index in [1.807, 2.05) is 0 Å². The minimum atomic E-state index is -4.78. The highest BCUT2D eigenvalue weighted by Gasteiger charge is 2.48. The molecule has 0 radical (unpaired) electrons. The zero-order valence-corrected chi connectivity index (χ0v) is 24.7. The van der Waals surface area contributed by atoms with E-state index < -0.39 is 172 Å². The van der Waals surface area contributed by atoms with Crippen LogP contribution in [0.25, 0.3) is 20.0 Å². The Morgan fingerprint density at radius 1 is 0.340 bits per heavy atom. The molecule has 0 saturated heterocycles. The van der Waals surface area contributed by atoms with Crippen LogP contribution in [0.1, 0.15) is 29.2 Å². The molecule has 0 saturated carbocycles. The first-order valence-electron chi connectivity index (χ1n) is 13.1. The third-order valence-electron chi connectivity index (χ3n) is 7.69. The van der Waals surface area contributed by atoms with Crippen LogP contribution in [0.15, 0.2) is 6.07 Å². The van der Waals surface area contributed by atoms with Gasteiger partial charge in [0.2, 0.25) is 17.5 Å². The fourth-order valence-electron chi connectivity index (χ4n) is 5.57. The number of allylic oxidation sites excluding steroid dienone is 2. The lowest BCUT2D eigenvalue weighted by atomic mass is 9.87. The Hall–Kier alpha value is -4.44. The van der Waals surface area contributed by atoms with Crippen molar-refractivity contribution in [2.75, 3.05) is 0 Å². The Bertz CT molecular complexity index is 2170. The molecular formula is C30H6AlF19. The highest BCUT2D eigenvalue weighted by Crippen LogP contribution is 2.56. The van der Waals surface area contributed by atoms with E-state index in [2.05, 4.69) is 0 Å². The van der Waals surface area contributed by atoms with E-state index in [0.29, 0.717) is 0 Å². The van der Waals surface area contributed by atoms with Crippen LogP contribution in [-0.2, 0) is 0 Å². The summed E-state index contributed by atoms with van der Waals surface area (Å²) in [5, 5.41) is -1.01. The molecule has 4 aromatic rings. The van der Waals surface area contributed by atoms with Gasteiger partial charge in [0.15, 0.2) is 93.1 Å². The number of rotatable bonds is 5. The normalized spacial score (nSPS) is 13.5. The number of benzene rings is 4. The Labute approximate surface area is 268 Å². The van der Waals surface area contributed by atoms with Gasteiger partial charge in [-0.15, -0.1) is 0 Å². The highest BCUT2D eigenvalue weighted by molar-refractivity contribution is 7.00. The quantitative estimate of drug-likeness (QED) is 0.0824. The molecular weight excluding hydrogens is 748 g/mol. The van der Waals surface area contributed by atoms with Crippen molar-refractivity contribution < 1.29 is 83.4 Å². The fourth-order valence-corrected chi connectivity index (χ4v) is 9.14. The number of hydrogen-bond donors (Lipinski definition) is 0. The molecule has 0 aromatic heterocycles. The molecule has 0 N–H and O–H groups in total. The van der Waals surface area contributed by atoms with Gasteiger partial charge < -0.3 is 0 Å². The maximum atomic E-state index is 15.5. The minimum Gasteiger partial charge on any atom is -0.204 e. The topological polar surface area (TPSA) is 0 Å². The van der Waals surface area contributed by atoms with Gasteiger partial charge in [0, 0.05) is 11.1 Å². The summed E-state index contributed by atoms with van der Waals surface area (Å²) in [6.07, 6.45) is 0. The first kappa shape index (κ1) is 36.8. The highest BCUT2D eigenvalue weighted by atomic mass is 27.2. The molecule has 50 heavy (non-hydrogen) atoms. The molecule has 0 nitrogen and oxygen atoms in total. The standard InChI is InChI=1S/C28HF19.C2H5.Al/c29-8-2-4(11(30)19(38)14(8)33)1-5(9-15(34)22(41)27(46)23(42)16(9)35)6(10-17(36)24(43)28(47)25(44)18(10)37)3-7-12(31)20(39)26(45)21(40)13(7)32;1-2;/h2H;1H2,2H3;. The molecule has 0 aliphatic carbocycles. The van der Waals surface area contributed by atoms with Gasteiger partial charge in [-0.3, -0.25) is 0 Å². The average Bonchev–Trinajstić information content (AvgIpc) is 3.40. The summed E-state index contributed by atoms with van der Waals surface area (Å²) < 4.78 is 278. The van der Waals surface area contributed by atoms with E-state index in [-0.39, 0.29) is 6.07 Å². The van der Waals surface area contributed by atoms with Crippen molar-refractivity contribution in [2.24, 2.45) is 0 Å². The SMILES string of the molecule is C[CH2][Al]1[C](c2cc(F)c(F)c(F)c2F)=C(c2c(F)c(F)c(F)c(F)c2F)C(c2c(F)c(F)c(F)c(F)c2F)=[C]1c1c(F)c(F)c(F)c(F)c1F. The Balaban J connectivity index is 2.23. The van der Waals surface area contributed by atoms with Crippen LogP contribution in [0, 0.1) is 111 Å². The summed E-state index contributed by atoms with van der Waals surface area (Å²) >= 11 is -4.78. The molecule has 4 aromatic carbocycles. The number of halogens is 19. The van der Waals surface area contributed by atoms with Crippen LogP contribution < -0.4 is 0 Å². The summed E-state index contributed by atoms with van der Waals surface area (Å²) in [4.78, 5) is 0. The monoisotopic (exact) mass is 754 g/mol. The van der Waals surface area contributed by atoms with E-state index in [4.69, 9.17) is 0 Å². The molecule has 0 spiro atoms. The fraction of sp³-hybridized carbons (Fsp3) is 0.0667. The van der Waals surface area contributed by atoms with Crippen molar-refractivity contribution in [3.63, 3.8) is 0 Å². The molecule has 20 heteroatoms. The Morgan fingerprint density at radius 3 is 0.960 bits per heavy atom. The van der Waals surface area contributed by atoms with Gasteiger partial charge in [-0.25, -0.2) is 83.4 Å². The van der Waals surface area contributed by atoms with Crippen molar-refractivity contribution in [3.05, 3.63) is 139 Å². The second-order valence-electron chi connectivity index (χ2n) is 10.2. The van der Waals surface area contributed by atoms with E-state index in [0.717, 1.165) is 6.92 Å². The van der Waals surface area contributed by atoms with Crippen LogP contribution in [-0.4, -0.2) is 14.1 Å². The van der Waals surface area contributed by atoms with E-state index in [1.165, 1.54) is 0 Å². The van der Waals surface area contributed by atoms with Gasteiger partial charge >= 0.3 is 14.1 Å². The lowest BCUT2D eigenvalue weighted by Gasteiger charge is -2.20. The second kappa shape index (κ2) is 12.7. The molecule has 5 rings (SSSR count). The molecule has 0 atom stereocenters. The van der Waals surface area contributed by atoms with Crippen molar-refractivity contribution in [1.29, 1.82) is 0 Å². The van der Waals surface area contributed by atoms with Crippen LogP contribution in [0.3, 0.4) is 0 Å². The molecule has 262 valence electrons. The smallest absolute Gasteiger partial charge is 0.204 e. The minimum absolute atomic E-state index is 0.386. The van der Waals surface area contributed by atoms with Crippen molar-refractivity contribution in [3.8, 4) is 0 Å². The zero-order chi connectivity index (χ0) is 37.6. The van der Waals surface area contributed by atoms with Crippen molar-refractivity contribution in [1.82, 2.24) is 0 Å². The number of hydrogen-bond acceptors (Lipinski definition) is 0. The molecule has 0 unspecified atom stereocenters. The van der Waals surface area contributed by atoms with Gasteiger partial charge in [-0.2, -0.15) is 0 Å². The van der Waals surface area contributed by atoms with Crippen molar-refractivity contribution >= 4 is 34.2 Å².